The largest absolute Gasteiger partial charge is 0.494 e. The monoisotopic (exact) mass is 504 g/mol. The molecule has 0 spiro atoms. The highest BCUT2D eigenvalue weighted by atomic mass is 16.5. The number of carbonyl (C=O) groups is 3. The van der Waals surface area contributed by atoms with Gasteiger partial charge in [-0.25, -0.2) is 0 Å². The number of ether oxygens (including phenoxy) is 3. The van der Waals surface area contributed by atoms with Crippen molar-refractivity contribution in [3.05, 3.63) is 95.6 Å². The Labute approximate surface area is 217 Å². The van der Waals surface area contributed by atoms with E-state index in [1.807, 2.05) is 66.7 Å². The molecule has 0 saturated carbocycles. The molecule has 0 radical (unpaired) electrons. The minimum Gasteiger partial charge on any atom is -0.494 e. The Bertz CT molecular complexity index is 1180. The molecule has 0 fully saturated rings. The second kappa shape index (κ2) is 13.8. The SMILES string of the molecule is COc1c(NC(C)=O)cccc1[C@H](COCc1ccccc1)N(Cc1ccccc1)C(=O)COC(C)=O. The van der Waals surface area contributed by atoms with E-state index in [1.54, 1.807) is 17.0 Å². The third-order valence-corrected chi connectivity index (χ3v) is 5.60. The van der Waals surface area contributed by atoms with Crippen molar-refractivity contribution in [3.63, 3.8) is 0 Å². The normalized spacial score (nSPS) is 11.3. The summed E-state index contributed by atoms with van der Waals surface area (Å²) in [5.74, 6) is -0.766. The minimum atomic E-state index is -0.615. The number of nitrogens with zero attached hydrogens (tertiary/aromatic N) is 1. The number of nitrogens with one attached hydrogen (secondary N) is 1. The van der Waals surface area contributed by atoms with E-state index in [1.165, 1.54) is 21.0 Å². The maximum absolute atomic E-state index is 13.4. The molecule has 0 saturated heterocycles. The van der Waals surface area contributed by atoms with E-state index >= 15 is 0 Å². The number of rotatable bonds is 12. The van der Waals surface area contributed by atoms with Crippen LogP contribution in [-0.2, 0) is 37.0 Å². The Morgan fingerprint density at radius 3 is 2.11 bits per heavy atom. The van der Waals surface area contributed by atoms with E-state index in [0.717, 1.165) is 11.1 Å². The first-order valence-corrected chi connectivity index (χ1v) is 11.9. The van der Waals surface area contributed by atoms with Crippen LogP contribution in [-0.4, -0.2) is 43.0 Å². The lowest BCUT2D eigenvalue weighted by molar-refractivity contribution is -0.152. The summed E-state index contributed by atoms with van der Waals surface area (Å²) in [5, 5.41) is 2.78. The molecule has 0 unspecified atom stereocenters. The van der Waals surface area contributed by atoms with Gasteiger partial charge >= 0.3 is 5.97 Å². The number of methoxy groups -OCH3 is 1. The van der Waals surface area contributed by atoms with E-state index in [-0.39, 0.29) is 25.0 Å². The number of benzene rings is 3. The van der Waals surface area contributed by atoms with Gasteiger partial charge in [-0.05, 0) is 17.2 Å². The third kappa shape index (κ3) is 8.18. The molecule has 1 atom stereocenters. The van der Waals surface area contributed by atoms with Crippen LogP contribution in [0.3, 0.4) is 0 Å². The second-order valence-electron chi connectivity index (χ2n) is 8.41. The smallest absolute Gasteiger partial charge is 0.303 e. The fourth-order valence-corrected chi connectivity index (χ4v) is 3.94. The van der Waals surface area contributed by atoms with Crippen molar-refractivity contribution in [1.29, 1.82) is 0 Å². The lowest BCUT2D eigenvalue weighted by Gasteiger charge is -2.33. The zero-order valence-electron chi connectivity index (χ0n) is 21.3. The minimum absolute atomic E-state index is 0.132. The van der Waals surface area contributed by atoms with Crippen molar-refractivity contribution in [2.75, 3.05) is 25.6 Å². The number of carbonyl (C=O) groups excluding carboxylic acids is 3. The van der Waals surface area contributed by atoms with Gasteiger partial charge in [0.25, 0.3) is 5.91 Å². The summed E-state index contributed by atoms with van der Waals surface area (Å²) >= 11 is 0. The third-order valence-electron chi connectivity index (χ3n) is 5.60. The van der Waals surface area contributed by atoms with Gasteiger partial charge in [0.15, 0.2) is 6.61 Å². The van der Waals surface area contributed by atoms with Crippen LogP contribution in [0.5, 0.6) is 5.75 Å². The van der Waals surface area contributed by atoms with E-state index < -0.39 is 18.6 Å². The average molecular weight is 505 g/mol. The van der Waals surface area contributed by atoms with Gasteiger partial charge in [0, 0.05) is 26.0 Å². The number of anilines is 1. The molecule has 194 valence electrons. The average Bonchev–Trinajstić information content (AvgIpc) is 2.89. The summed E-state index contributed by atoms with van der Waals surface area (Å²) in [6, 6.07) is 24.0. The van der Waals surface area contributed by atoms with Crippen LogP contribution < -0.4 is 10.1 Å². The molecule has 3 rings (SSSR count). The van der Waals surface area contributed by atoms with Gasteiger partial charge in [-0.1, -0.05) is 72.8 Å². The Hall–Kier alpha value is -4.17. The second-order valence-corrected chi connectivity index (χ2v) is 8.41. The van der Waals surface area contributed by atoms with Gasteiger partial charge < -0.3 is 24.4 Å². The zero-order valence-corrected chi connectivity index (χ0v) is 21.3. The number of esters is 1. The maximum atomic E-state index is 13.4. The van der Waals surface area contributed by atoms with Gasteiger partial charge in [-0.2, -0.15) is 0 Å². The summed E-state index contributed by atoms with van der Waals surface area (Å²) in [4.78, 5) is 38.3. The van der Waals surface area contributed by atoms with Crippen molar-refractivity contribution < 1.29 is 28.6 Å². The molecule has 3 aromatic rings. The quantitative estimate of drug-likeness (QED) is 0.365. The van der Waals surface area contributed by atoms with Crippen LogP contribution in [0.1, 0.15) is 36.6 Å². The molecule has 8 nitrogen and oxygen atoms in total. The summed E-state index contributed by atoms with van der Waals surface area (Å²) in [6.07, 6.45) is 0. The molecule has 0 aromatic heterocycles. The van der Waals surface area contributed by atoms with Gasteiger partial charge in [-0.3, -0.25) is 14.4 Å². The first-order chi connectivity index (χ1) is 17.9. The van der Waals surface area contributed by atoms with Gasteiger partial charge in [0.2, 0.25) is 5.91 Å². The topological polar surface area (TPSA) is 94.2 Å². The molecule has 0 aliphatic heterocycles. The van der Waals surface area contributed by atoms with Crippen LogP contribution >= 0.6 is 0 Å². The standard InChI is InChI=1S/C29H32N2O6/c1-21(32)30-26-16-10-15-25(29(26)35-3)27(19-36-18-24-13-8-5-9-14-24)31(28(34)20-37-22(2)33)17-23-11-6-4-7-12-23/h4-16,27H,17-20H2,1-3H3,(H,30,32)/t27-/m0/s1. The number of hydrogen-bond acceptors (Lipinski definition) is 6. The highest BCUT2D eigenvalue weighted by Crippen LogP contribution is 2.37. The molecular formula is C29H32N2O6. The van der Waals surface area contributed by atoms with E-state index in [2.05, 4.69) is 5.32 Å². The number of amides is 2. The zero-order chi connectivity index (χ0) is 26.6. The first-order valence-electron chi connectivity index (χ1n) is 11.9. The molecule has 0 bridgehead atoms. The van der Waals surface area contributed by atoms with Crippen molar-refractivity contribution >= 4 is 23.5 Å². The fraction of sp³-hybridized carbons (Fsp3) is 0.276. The molecule has 1 N–H and O–H groups in total. The summed E-state index contributed by atoms with van der Waals surface area (Å²) in [5.41, 5.74) is 3.01. The van der Waals surface area contributed by atoms with E-state index in [4.69, 9.17) is 14.2 Å². The Kier molecular flexibility index (Phi) is 10.2. The lowest BCUT2D eigenvalue weighted by atomic mass is 10.0. The summed E-state index contributed by atoms with van der Waals surface area (Å²) < 4.78 is 16.9. The molecule has 8 heteroatoms. The number of para-hydroxylation sites is 1. The van der Waals surface area contributed by atoms with Crippen LogP contribution in [0, 0.1) is 0 Å². The van der Waals surface area contributed by atoms with Crippen LogP contribution in [0.15, 0.2) is 78.9 Å². The van der Waals surface area contributed by atoms with Crippen molar-refractivity contribution in [1.82, 2.24) is 4.90 Å². The Morgan fingerprint density at radius 2 is 1.51 bits per heavy atom. The van der Waals surface area contributed by atoms with Crippen molar-refractivity contribution in [2.45, 2.75) is 33.0 Å². The van der Waals surface area contributed by atoms with E-state index in [9.17, 15) is 14.4 Å². The maximum Gasteiger partial charge on any atom is 0.303 e. The molecule has 37 heavy (non-hydrogen) atoms. The first kappa shape index (κ1) is 27.4. The van der Waals surface area contributed by atoms with Crippen LogP contribution in [0.2, 0.25) is 0 Å². The summed E-state index contributed by atoms with van der Waals surface area (Å²) in [7, 11) is 1.51. The molecule has 0 aliphatic rings. The molecular weight excluding hydrogens is 472 g/mol. The van der Waals surface area contributed by atoms with Gasteiger partial charge in [0.05, 0.1) is 32.1 Å². The van der Waals surface area contributed by atoms with Crippen LogP contribution in [0.25, 0.3) is 0 Å². The number of hydrogen-bond donors (Lipinski definition) is 1. The highest BCUT2D eigenvalue weighted by molar-refractivity contribution is 5.91. The predicted molar refractivity (Wildman–Crippen MR) is 140 cm³/mol. The Morgan fingerprint density at radius 1 is 0.865 bits per heavy atom. The van der Waals surface area contributed by atoms with E-state index in [0.29, 0.717) is 23.6 Å². The van der Waals surface area contributed by atoms with Crippen molar-refractivity contribution in [3.8, 4) is 5.75 Å². The molecule has 0 aliphatic carbocycles. The lowest BCUT2D eigenvalue weighted by Crippen LogP contribution is -2.39. The fourth-order valence-electron chi connectivity index (χ4n) is 3.94. The van der Waals surface area contributed by atoms with Gasteiger partial charge in [-0.15, -0.1) is 0 Å². The van der Waals surface area contributed by atoms with Gasteiger partial charge in [0.1, 0.15) is 5.75 Å². The molecule has 2 amide bonds. The van der Waals surface area contributed by atoms with Crippen molar-refractivity contribution in [2.24, 2.45) is 0 Å². The molecule has 0 heterocycles. The van der Waals surface area contributed by atoms with Crippen LogP contribution in [0.4, 0.5) is 5.69 Å². The molecule has 3 aromatic carbocycles. The Balaban J connectivity index is 2.02. The highest BCUT2D eigenvalue weighted by Gasteiger charge is 2.30. The summed E-state index contributed by atoms with van der Waals surface area (Å²) in [6.45, 7) is 2.97. The predicted octanol–water partition coefficient (Wildman–Crippen LogP) is 4.50.